The maximum atomic E-state index is 13.7. The van der Waals surface area contributed by atoms with Crippen molar-refractivity contribution in [1.82, 2.24) is 4.98 Å². The molecule has 0 saturated heterocycles. The number of carbonyl (C=O) groups is 1. The molecule has 1 heterocycles. The van der Waals surface area contributed by atoms with Crippen molar-refractivity contribution >= 4 is 14.2 Å². The van der Waals surface area contributed by atoms with Crippen molar-refractivity contribution in [1.29, 1.82) is 0 Å². The Labute approximate surface area is 200 Å². The summed E-state index contributed by atoms with van der Waals surface area (Å²) in [5.41, 5.74) is 5.27. The zero-order chi connectivity index (χ0) is 24.7. The van der Waals surface area contributed by atoms with Crippen LogP contribution < -0.4 is 0 Å². The first kappa shape index (κ1) is 25.4. The number of hydrogen-bond acceptors (Lipinski definition) is 5. The number of nitrogens with zero attached hydrogens (tertiary/aromatic N) is 1. The van der Waals surface area contributed by atoms with Crippen molar-refractivity contribution in [3.05, 3.63) is 90.3 Å². The summed E-state index contributed by atoms with van der Waals surface area (Å²) in [6, 6.07) is 18.2. The van der Waals surface area contributed by atoms with Crippen molar-refractivity contribution < 1.29 is 22.8 Å². The lowest BCUT2D eigenvalue weighted by atomic mass is 9.83. The highest BCUT2D eigenvalue weighted by Crippen LogP contribution is 2.39. The number of hydrogen-bond donors (Lipinski definition) is 0. The molecule has 3 rings (SSSR count). The second-order valence-electron chi connectivity index (χ2n) is 8.14. The highest BCUT2D eigenvalue weighted by atomic mass is 31.1. The molecule has 7 heteroatoms. The molecule has 0 spiro atoms. The van der Waals surface area contributed by atoms with E-state index in [0.717, 1.165) is 27.9 Å². The maximum absolute atomic E-state index is 13.7. The number of pyridine rings is 1. The molecule has 0 fully saturated rings. The van der Waals surface area contributed by atoms with Crippen LogP contribution in [0.1, 0.15) is 49.7 Å². The minimum Gasteiger partial charge on any atom is -0.247 e. The summed E-state index contributed by atoms with van der Waals surface area (Å²) < 4.78 is 34.4. The van der Waals surface area contributed by atoms with E-state index in [4.69, 9.17) is 9.51 Å². The van der Waals surface area contributed by atoms with Crippen LogP contribution in [0.15, 0.2) is 73.3 Å². The Bertz CT molecular complexity index is 1160. The van der Waals surface area contributed by atoms with Crippen LogP contribution in [0.5, 0.6) is 0 Å². The van der Waals surface area contributed by atoms with Gasteiger partial charge in [-0.1, -0.05) is 50.3 Å². The Morgan fingerprint density at radius 2 is 1.79 bits per heavy atom. The van der Waals surface area contributed by atoms with E-state index in [1.165, 1.54) is 19.2 Å². The molecule has 0 bridgehead atoms. The van der Waals surface area contributed by atoms with E-state index in [2.05, 4.69) is 31.0 Å². The monoisotopic (exact) mass is 480 g/mol. The molecule has 0 aliphatic rings. The Balaban J connectivity index is 2.12. The van der Waals surface area contributed by atoms with Crippen LogP contribution >= 0.6 is 8.25 Å². The first-order valence-electron chi connectivity index (χ1n) is 11.0. The van der Waals surface area contributed by atoms with Gasteiger partial charge in [0.15, 0.2) is 0 Å². The van der Waals surface area contributed by atoms with E-state index >= 15 is 0 Å². The van der Waals surface area contributed by atoms with Gasteiger partial charge in [-0.05, 0) is 53.8 Å². The summed E-state index contributed by atoms with van der Waals surface area (Å²) in [6.45, 7) is 8.19. The molecule has 5 nitrogen and oxygen atoms in total. The lowest BCUT2D eigenvalue weighted by Crippen LogP contribution is -2.10. The normalized spacial score (nSPS) is 12.3. The lowest BCUT2D eigenvalue weighted by molar-refractivity contribution is -0.134. The zero-order valence-corrected chi connectivity index (χ0v) is 20.4. The van der Waals surface area contributed by atoms with Crippen LogP contribution in [0.25, 0.3) is 22.5 Å². The van der Waals surface area contributed by atoms with Gasteiger partial charge in [0, 0.05) is 21.6 Å². The first-order valence-corrected chi connectivity index (χ1v) is 12.1. The molecule has 0 aliphatic heterocycles. The van der Waals surface area contributed by atoms with Gasteiger partial charge in [-0.3, -0.25) is 0 Å². The van der Waals surface area contributed by atoms with Crippen molar-refractivity contribution in [3.8, 4) is 22.5 Å². The quantitative estimate of drug-likeness (QED) is 0.221. The van der Waals surface area contributed by atoms with E-state index in [1.54, 1.807) is 18.2 Å². The van der Waals surface area contributed by atoms with Crippen LogP contribution in [-0.2, 0) is 18.4 Å². The molecule has 2 atom stereocenters. The summed E-state index contributed by atoms with van der Waals surface area (Å²) in [5.74, 6) is -1.03. The third kappa shape index (κ3) is 6.22. The molecule has 2 aromatic carbocycles. The standard InChI is InChI=1S/C27H28FNO4P/c1-5-19(13-16-25(30)33-34(31)32-4)26-23(18(2)3)17-24(20-9-7-6-8-10-20)29-27(26)21-11-14-22(28)15-12-21/h5-12,14-15,17-19H,1,13,16H2,2-4H3/q+1. The van der Waals surface area contributed by atoms with Crippen LogP contribution in [0.3, 0.4) is 0 Å². The van der Waals surface area contributed by atoms with Gasteiger partial charge in [-0.25, -0.2) is 14.2 Å². The van der Waals surface area contributed by atoms with Gasteiger partial charge in [0.25, 0.3) is 0 Å². The van der Waals surface area contributed by atoms with Gasteiger partial charge >= 0.3 is 14.2 Å². The highest BCUT2D eigenvalue weighted by molar-refractivity contribution is 7.34. The van der Waals surface area contributed by atoms with Gasteiger partial charge in [-0.15, -0.1) is 11.1 Å². The predicted octanol–water partition coefficient (Wildman–Crippen LogP) is 7.57. The molecule has 3 aromatic rings. The fourth-order valence-electron chi connectivity index (χ4n) is 3.85. The Hall–Kier alpha value is -3.21. The smallest absolute Gasteiger partial charge is 0.247 e. The second kappa shape index (κ2) is 11.8. The lowest BCUT2D eigenvalue weighted by Gasteiger charge is -2.24. The molecule has 0 saturated carbocycles. The highest BCUT2D eigenvalue weighted by Gasteiger charge is 2.27. The number of aromatic nitrogens is 1. The minimum atomic E-state index is -2.47. The number of rotatable bonds is 10. The second-order valence-corrected chi connectivity index (χ2v) is 9.13. The van der Waals surface area contributed by atoms with Crippen molar-refractivity contribution in [2.75, 3.05) is 7.11 Å². The molecule has 0 N–H and O–H groups in total. The first-order chi connectivity index (χ1) is 16.3. The number of halogens is 1. The fraction of sp³-hybridized carbons (Fsp3) is 0.259. The molecular weight excluding hydrogens is 452 g/mol. The van der Waals surface area contributed by atoms with Gasteiger partial charge in [0.05, 0.1) is 24.9 Å². The number of allylic oxidation sites excluding steroid dienone is 1. The number of benzene rings is 2. The summed E-state index contributed by atoms with van der Waals surface area (Å²) in [4.78, 5) is 17.1. The topological polar surface area (TPSA) is 65.5 Å². The molecular formula is C27H28FNO4P+. The molecule has 0 aliphatic carbocycles. The third-order valence-corrected chi connectivity index (χ3v) is 6.19. The van der Waals surface area contributed by atoms with Gasteiger partial charge < -0.3 is 0 Å². The average Bonchev–Trinajstić information content (AvgIpc) is 2.85. The summed E-state index contributed by atoms with van der Waals surface area (Å²) >= 11 is 0. The summed E-state index contributed by atoms with van der Waals surface area (Å²) in [5, 5.41) is 0. The molecule has 1 aromatic heterocycles. The molecule has 34 heavy (non-hydrogen) atoms. The average molecular weight is 480 g/mol. The zero-order valence-electron chi connectivity index (χ0n) is 19.5. The van der Waals surface area contributed by atoms with Crippen LogP contribution in [0.4, 0.5) is 4.39 Å². The van der Waals surface area contributed by atoms with Crippen molar-refractivity contribution in [2.45, 2.75) is 38.5 Å². The predicted molar refractivity (Wildman–Crippen MR) is 132 cm³/mol. The number of carbonyl (C=O) groups excluding carboxylic acids is 1. The largest absolute Gasteiger partial charge is 0.752 e. The summed E-state index contributed by atoms with van der Waals surface area (Å²) in [6.07, 6.45) is 2.19. The Morgan fingerprint density at radius 1 is 1.12 bits per heavy atom. The Morgan fingerprint density at radius 3 is 2.38 bits per heavy atom. The molecule has 176 valence electrons. The van der Waals surface area contributed by atoms with Crippen molar-refractivity contribution in [2.24, 2.45) is 0 Å². The summed E-state index contributed by atoms with van der Waals surface area (Å²) in [7, 11) is -1.26. The molecule has 0 radical (unpaired) electrons. The van der Waals surface area contributed by atoms with E-state index < -0.39 is 14.2 Å². The molecule has 0 amide bonds. The van der Waals surface area contributed by atoms with E-state index in [-0.39, 0.29) is 24.1 Å². The fourth-order valence-corrected chi connectivity index (χ4v) is 4.18. The van der Waals surface area contributed by atoms with Gasteiger partial charge in [0.2, 0.25) is 0 Å². The van der Waals surface area contributed by atoms with Crippen LogP contribution in [-0.4, -0.2) is 18.1 Å². The van der Waals surface area contributed by atoms with Gasteiger partial charge in [0.1, 0.15) is 5.82 Å². The third-order valence-electron chi connectivity index (χ3n) is 5.54. The molecule has 2 unspecified atom stereocenters. The maximum Gasteiger partial charge on any atom is 0.752 e. The SMILES string of the molecule is C=CC(CCC(=O)O[P+](=O)OC)c1c(C(C)C)cc(-c2ccccc2)nc1-c1ccc(F)cc1. The van der Waals surface area contributed by atoms with Crippen LogP contribution in [0, 0.1) is 5.82 Å². The Kier molecular flexibility index (Phi) is 8.80. The van der Waals surface area contributed by atoms with E-state index in [0.29, 0.717) is 12.1 Å². The van der Waals surface area contributed by atoms with Gasteiger partial charge in [-0.2, -0.15) is 4.52 Å². The minimum absolute atomic E-state index is 0.0297. The van der Waals surface area contributed by atoms with E-state index in [9.17, 15) is 13.8 Å². The van der Waals surface area contributed by atoms with Crippen molar-refractivity contribution in [3.63, 3.8) is 0 Å². The van der Waals surface area contributed by atoms with E-state index in [1.807, 2.05) is 30.3 Å². The van der Waals surface area contributed by atoms with Crippen LogP contribution in [0.2, 0.25) is 0 Å².